The SMILES string of the molecule is CC(=O)N1CCc2cc(S(=O)(=O)NCc3ccco3)ccc21. The van der Waals surface area contributed by atoms with Crippen molar-refractivity contribution >= 4 is 21.6 Å². The molecule has 116 valence electrons. The number of carbonyl (C=O) groups is 1. The van der Waals surface area contributed by atoms with Crippen LogP contribution in [-0.4, -0.2) is 20.9 Å². The van der Waals surface area contributed by atoms with Crippen LogP contribution < -0.4 is 9.62 Å². The van der Waals surface area contributed by atoms with E-state index in [4.69, 9.17) is 4.42 Å². The fourth-order valence-corrected chi connectivity index (χ4v) is 3.58. The molecule has 0 aliphatic carbocycles. The van der Waals surface area contributed by atoms with E-state index < -0.39 is 10.0 Å². The largest absolute Gasteiger partial charge is 0.468 e. The molecule has 0 saturated heterocycles. The maximum atomic E-state index is 12.3. The number of nitrogens with zero attached hydrogens (tertiary/aromatic N) is 1. The Morgan fingerprint density at radius 1 is 1.36 bits per heavy atom. The second kappa shape index (κ2) is 5.58. The molecule has 1 N–H and O–H groups in total. The molecule has 7 heteroatoms. The summed E-state index contributed by atoms with van der Waals surface area (Å²) in [5, 5.41) is 0. The van der Waals surface area contributed by atoms with Crippen LogP contribution in [0.15, 0.2) is 45.9 Å². The van der Waals surface area contributed by atoms with E-state index >= 15 is 0 Å². The van der Waals surface area contributed by atoms with Gasteiger partial charge in [-0.05, 0) is 42.3 Å². The maximum absolute atomic E-state index is 12.3. The second-order valence-corrected chi connectivity index (χ2v) is 6.88. The summed E-state index contributed by atoms with van der Waals surface area (Å²) in [5.41, 5.74) is 1.66. The van der Waals surface area contributed by atoms with Crippen LogP contribution in [0.1, 0.15) is 18.2 Å². The quantitative estimate of drug-likeness (QED) is 0.929. The van der Waals surface area contributed by atoms with Crippen molar-refractivity contribution in [2.24, 2.45) is 0 Å². The van der Waals surface area contributed by atoms with Crippen molar-refractivity contribution in [3.05, 3.63) is 47.9 Å². The van der Waals surface area contributed by atoms with Crippen molar-refractivity contribution in [3.63, 3.8) is 0 Å². The molecule has 3 rings (SSSR count). The van der Waals surface area contributed by atoms with Crippen LogP contribution in [-0.2, 0) is 27.8 Å². The van der Waals surface area contributed by atoms with Gasteiger partial charge in [0.15, 0.2) is 0 Å². The zero-order valence-corrected chi connectivity index (χ0v) is 12.9. The van der Waals surface area contributed by atoms with E-state index in [9.17, 15) is 13.2 Å². The van der Waals surface area contributed by atoms with E-state index in [1.807, 2.05) is 0 Å². The molecule has 0 fully saturated rings. The molecule has 6 nitrogen and oxygen atoms in total. The molecule has 0 spiro atoms. The monoisotopic (exact) mass is 320 g/mol. The van der Waals surface area contributed by atoms with Gasteiger partial charge in [0.05, 0.1) is 17.7 Å². The van der Waals surface area contributed by atoms with Crippen LogP contribution in [0.2, 0.25) is 0 Å². The molecular weight excluding hydrogens is 304 g/mol. The zero-order valence-electron chi connectivity index (χ0n) is 12.1. The van der Waals surface area contributed by atoms with Crippen molar-refractivity contribution in [1.82, 2.24) is 4.72 Å². The number of fused-ring (bicyclic) bond motifs is 1. The highest BCUT2D eigenvalue weighted by atomic mass is 32.2. The summed E-state index contributed by atoms with van der Waals surface area (Å²) < 4.78 is 32.2. The molecule has 1 aromatic carbocycles. The molecule has 0 atom stereocenters. The molecule has 22 heavy (non-hydrogen) atoms. The molecule has 1 aliphatic rings. The molecule has 0 radical (unpaired) electrons. The summed E-state index contributed by atoms with van der Waals surface area (Å²) in [6, 6.07) is 8.24. The first-order valence-corrected chi connectivity index (χ1v) is 8.39. The number of furan rings is 1. The van der Waals surface area contributed by atoms with E-state index in [1.54, 1.807) is 29.2 Å². The number of amides is 1. The first-order valence-electron chi connectivity index (χ1n) is 6.90. The fourth-order valence-electron chi connectivity index (χ4n) is 2.54. The van der Waals surface area contributed by atoms with Gasteiger partial charge in [-0.25, -0.2) is 13.1 Å². The Hall–Kier alpha value is -2.12. The number of anilines is 1. The molecule has 0 bridgehead atoms. The smallest absolute Gasteiger partial charge is 0.240 e. The molecule has 2 heterocycles. The number of hydrogen-bond donors (Lipinski definition) is 1. The van der Waals surface area contributed by atoms with E-state index in [0.29, 0.717) is 18.7 Å². The lowest BCUT2D eigenvalue weighted by Gasteiger charge is -2.15. The standard InChI is InChI=1S/C15H16N2O4S/c1-11(18)17-7-6-12-9-14(4-5-15(12)17)22(19,20)16-10-13-3-2-8-21-13/h2-5,8-9,16H,6-7,10H2,1H3. The number of sulfonamides is 1. The van der Waals surface area contributed by atoms with Crippen molar-refractivity contribution in [3.8, 4) is 0 Å². The summed E-state index contributed by atoms with van der Waals surface area (Å²) in [7, 11) is -3.61. The predicted molar refractivity (Wildman–Crippen MR) is 80.9 cm³/mol. The Morgan fingerprint density at radius 2 is 2.18 bits per heavy atom. The summed E-state index contributed by atoms with van der Waals surface area (Å²) in [5.74, 6) is 0.512. The Labute approximate surface area is 128 Å². The third-order valence-electron chi connectivity index (χ3n) is 3.65. The average molecular weight is 320 g/mol. The van der Waals surface area contributed by atoms with E-state index in [1.165, 1.54) is 19.3 Å². The van der Waals surface area contributed by atoms with Crippen LogP contribution in [0.25, 0.3) is 0 Å². The van der Waals surface area contributed by atoms with Gasteiger partial charge in [-0.1, -0.05) is 0 Å². The highest BCUT2D eigenvalue weighted by molar-refractivity contribution is 7.89. The molecule has 1 aromatic heterocycles. The molecule has 1 aliphatic heterocycles. The lowest BCUT2D eigenvalue weighted by atomic mass is 10.2. The Morgan fingerprint density at radius 3 is 2.86 bits per heavy atom. The molecule has 0 saturated carbocycles. The average Bonchev–Trinajstić information content (AvgIpc) is 3.13. The van der Waals surface area contributed by atoms with Gasteiger partial charge < -0.3 is 9.32 Å². The Kier molecular flexibility index (Phi) is 3.76. The van der Waals surface area contributed by atoms with E-state index in [-0.39, 0.29) is 17.3 Å². The minimum Gasteiger partial charge on any atom is -0.468 e. The van der Waals surface area contributed by atoms with Crippen LogP contribution in [0.4, 0.5) is 5.69 Å². The Bertz CT molecular complexity index is 797. The van der Waals surface area contributed by atoms with E-state index in [0.717, 1.165) is 11.3 Å². The van der Waals surface area contributed by atoms with Gasteiger partial charge in [0, 0.05) is 19.2 Å². The lowest BCUT2D eigenvalue weighted by molar-refractivity contribution is -0.116. The lowest BCUT2D eigenvalue weighted by Crippen LogP contribution is -2.26. The van der Waals surface area contributed by atoms with Gasteiger partial charge in [-0.15, -0.1) is 0 Å². The zero-order chi connectivity index (χ0) is 15.7. The highest BCUT2D eigenvalue weighted by Crippen LogP contribution is 2.30. The normalized spacial score (nSPS) is 14.1. The predicted octanol–water partition coefficient (Wildman–Crippen LogP) is 1.67. The van der Waals surface area contributed by atoms with Gasteiger partial charge in [-0.3, -0.25) is 4.79 Å². The van der Waals surface area contributed by atoms with Crippen molar-refractivity contribution in [1.29, 1.82) is 0 Å². The first-order chi connectivity index (χ1) is 10.5. The summed E-state index contributed by atoms with van der Waals surface area (Å²) >= 11 is 0. The molecular formula is C15H16N2O4S. The topological polar surface area (TPSA) is 79.6 Å². The van der Waals surface area contributed by atoms with Crippen LogP contribution in [0.3, 0.4) is 0 Å². The van der Waals surface area contributed by atoms with Gasteiger partial charge >= 0.3 is 0 Å². The van der Waals surface area contributed by atoms with Crippen LogP contribution in [0, 0.1) is 0 Å². The highest BCUT2D eigenvalue weighted by Gasteiger charge is 2.24. The number of carbonyl (C=O) groups excluding carboxylic acids is 1. The Balaban J connectivity index is 1.82. The van der Waals surface area contributed by atoms with Gasteiger partial charge in [0.2, 0.25) is 15.9 Å². The maximum Gasteiger partial charge on any atom is 0.240 e. The molecule has 0 unspecified atom stereocenters. The van der Waals surface area contributed by atoms with Gasteiger partial charge in [-0.2, -0.15) is 0 Å². The van der Waals surface area contributed by atoms with Crippen molar-refractivity contribution < 1.29 is 17.6 Å². The van der Waals surface area contributed by atoms with E-state index in [2.05, 4.69) is 4.72 Å². The van der Waals surface area contributed by atoms with Crippen LogP contribution >= 0.6 is 0 Å². The number of hydrogen-bond acceptors (Lipinski definition) is 4. The van der Waals surface area contributed by atoms with Crippen LogP contribution in [0.5, 0.6) is 0 Å². The van der Waals surface area contributed by atoms with Crippen molar-refractivity contribution in [2.75, 3.05) is 11.4 Å². The minimum atomic E-state index is -3.61. The number of nitrogens with one attached hydrogen (secondary N) is 1. The van der Waals surface area contributed by atoms with Gasteiger partial charge in [0.1, 0.15) is 5.76 Å². The fraction of sp³-hybridized carbons (Fsp3) is 0.267. The second-order valence-electron chi connectivity index (χ2n) is 5.12. The van der Waals surface area contributed by atoms with Gasteiger partial charge in [0.25, 0.3) is 0 Å². The first kappa shape index (κ1) is 14.8. The van der Waals surface area contributed by atoms with Crippen molar-refractivity contribution in [2.45, 2.75) is 24.8 Å². The summed E-state index contributed by atoms with van der Waals surface area (Å²) in [6.45, 7) is 2.20. The summed E-state index contributed by atoms with van der Waals surface area (Å²) in [4.78, 5) is 13.4. The number of rotatable bonds is 4. The summed E-state index contributed by atoms with van der Waals surface area (Å²) in [6.07, 6.45) is 2.16. The minimum absolute atomic E-state index is 0.0368. The molecule has 2 aromatic rings. The number of benzene rings is 1. The third kappa shape index (κ3) is 2.77. The molecule has 1 amide bonds. The third-order valence-corrected chi connectivity index (χ3v) is 5.05.